The lowest BCUT2D eigenvalue weighted by atomic mass is 10.1. The lowest BCUT2D eigenvalue weighted by Crippen LogP contribution is -2.18. The highest BCUT2D eigenvalue weighted by atomic mass is 79.9. The number of methoxy groups -OCH3 is 3. The van der Waals surface area contributed by atoms with Crippen molar-refractivity contribution in [3.05, 3.63) is 118 Å². The summed E-state index contributed by atoms with van der Waals surface area (Å²) in [5.41, 5.74) is 4.80. The first-order chi connectivity index (χ1) is 21.3. The highest BCUT2D eigenvalue weighted by Gasteiger charge is 2.19. The monoisotopic (exact) mass is 657 g/mol. The number of esters is 1. The van der Waals surface area contributed by atoms with E-state index in [-0.39, 0.29) is 17.2 Å². The maximum absolute atomic E-state index is 13.0. The number of rotatable bonds is 11. The van der Waals surface area contributed by atoms with Gasteiger partial charge >= 0.3 is 5.97 Å². The Morgan fingerprint density at radius 1 is 0.773 bits per heavy atom. The number of halogens is 1. The van der Waals surface area contributed by atoms with E-state index >= 15 is 0 Å². The van der Waals surface area contributed by atoms with Gasteiger partial charge in [-0.05, 0) is 66.2 Å². The molecule has 4 aromatic carbocycles. The van der Waals surface area contributed by atoms with E-state index in [1.165, 1.54) is 45.8 Å². The van der Waals surface area contributed by atoms with Crippen LogP contribution in [-0.2, 0) is 4.79 Å². The molecule has 10 nitrogen and oxygen atoms in total. The summed E-state index contributed by atoms with van der Waals surface area (Å²) in [5.74, 6) is -0.308. The number of carbonyl (C=O) groups is 3. The van der Waals surface area contributed by atoms with E-state index < -0.39 is 11.9 Å². The zero-order valence-corrected chi connectivity index (χ0v) is 25.6. The SMILES string of the molecule is COc1cc(C(=O)Oc2ccc(Br)cc2/C=N\NC(=O)c2ccc(NC(=O)/C=C/c3ccccc3)cc2)cc(OC)c1OC. The Hall–Kier alpha value is -5.42. The topological polar surface area (TPSA) is 125 Å². The van der Waals surface area contributed by atoms with Crippen LogP contribution in [0.4, 0.5) is 5.69 Å². The minimum Gasteiger partial charge on any atom is -0.493 e. The fourth-order valence-corrected chi connectivity index (χ4v) is 4.30. The molecule has 2 N–H and O–H groups in total. The first-order valence-corrected chi connectivity index (χ1v) is 13.9. The second-order valence-corrected chi connectivity index (χ2v) is 9.91. The molecule has 0 radical (unpaired) electrons. The molecule has 0 bridgehead atoms. The molecule has 0 aliphatic heterocycles. The number of hydrazone groups is 1. The van der Waals surface area contributed by atoms with Crippen molar-refractivity contribution in [2.75, 3.05) is 26.6 Å². The van der Waals surface area contributed by atoms with Gasteiger partial charge in [0, 0.05) is 27.4 Å². The van der Waals surface area contributed by atoms with Crippen LogP contribution < -0.4 is 29.7 Å². The normalized spacial score (nSPS) is 10.8. The van der Waals surface area contributed by atoms with Gasteiger partial charge in [0.05, 0.1) is 33.1 Å². The summed E-state index contributed by atoms with van der Waals surface area (Å²) in [6.07, 6.45) is 4.50. The standard InChI is InChI=1S/C33H28BrN3O7/c1-41-28-18-23(19-29(42-2)31(28)43-3)33(40)44-27-15-12-25(34)17-24(27)20-35-37-32(39)22-10-13-26(14-11-22)36-30(38)16-9-21-7-5-4-6-8-21/h4-20H,1-3H3,(H,36,38)(H,37,39)/b16-9+,35-20-. The Bertz CT molecular complexity index is 1680. The number of amides is 2. The quantitative estimate of drug-likeness (QED) is 0.0655. The summed E-state index contributed by atoms with van der Waals surface area (Å²) >= 11 is 3.39. The smallest absolute Gasteiger partial charge is 0.343 e. The van der Waals surface area contributed by atoms with Crippen molar-refractivity contribution < 1.29 is 33.3 Å². The molecule has 2 amide bonds. The number of nitrogens with one attached hydrogen (secondary N) is 2. The van der Waals surface area contributed by atoms with E-state index in [2.05, 4.69) is 31.8 Å². The number of hydrogen-bond acceptors (Lipinski definition) is 8. The van der Waals surface area contributed by atoms with Gasteiger partial charge in [0.1, 0.15) is 5.75 Å². The molecule has 224 valence electrons. The molecule has 0 unspecified atom stereocenters. The maximum atomic E-state index is 13.0. The minimum atomic E-state index is -0.673. The molecular formula is C33H28BrN3O7. The molecule has 0 heterocycles. The zero-order chi connectivity index (χ0) is 31.5. The molecule has 44 heavy (non-hydrogen) atoms. The summed E-state index contributed by atoms with van der Waals surface area (Å²) in [6.45, 7) is 0. The first kappa shape index (κ1) is 31.5. The molecule has 0 saturated carbocycles. The van der Waals surface area contributed by atoms with Crippen LogP contribution in [0.25, 0.3) is 6.08 Å². The summed E-state index contributed by atoms with van der Waals surface area (Å²) in [4.78, 5) is 37.9. The highest BCUT2D eigenvalue weighted by molar-refractivity contribution is 9.10. The van der Waals surface area contributed by atoms with E-state index in [0.717, 1.165) is 5.56 Å². The van der Waals surface area contributed by atoms with Gasteiger partial charge in [0.25, 0.3) is 5.91 Å². The van der Waals surface area contributed by atoms with Gasteiger partial charge < -0.3 is 24.3 Å². The van der Waals surface area contributed by atoms with Gasteiger partial charge in [-0.1, -0.05) is 46.3 Å². The fraction of sp³-hybridized carbons (Fsp3) is 0.0909. The largest absolute Gasteiger partial charge is 0.493 e. The Morgan fingerprint density at radius 2 is 1.45 bits per heavy atom. The molecular weight excluding hydrogens is 630 g/mol. The molecule has 0 atom stereocenters. The van der Waals surface area contributed by atoms with Gasteiger partial charge in [0.2, 0.25) is 11.7 Å². The summed E-state index contributed by atoms with van der Waals surface area (Å²) in [6, 6.07) is 23.7. The average molecular weight is 659 g/mol. The van der Waals surface area contributed by atoms with Crippen molar-refractivity contribution in [3.8, 4) is 23.0 Å². The Balaban J connectivity index is 1.39. The van der Waals surface area contributed by atoms with Gasteiger partial charge in [-0.25, -0.2) is 10.2 Å². The maximum Gasteiger partial charge on any atom is 0.343 e. The third kappa shape index (κ3) is 8.33. The first-order valence-electron chi connectivity index (χ1n) is 13.1. The minimum absolute atomic E-state index is 0.172. The number of anilines is 1. The van der Waals surface area contributed by atoms with Crippen LogP contribution in [0.1, 0.15) is 31.8 Å². The van der Waals surface area contributed by atoms with Gasteiger partial charge in [-0.3, -0.25) is 9.59 Å². The molecule has 4 aromatic rings. The number of carbonyl (C=O) groups excluding carboxylic acids is 3. The van der Waals surface area contributed by atoms with Crippen molar-refractivity contribution in [1.29, 1.82) is 0 Å². The lowest BCUT2D eigenvalue weighted by Gasteiger charge is -2.14. The molecule has 0 spiro atoms. The summed E-state index contributed by atoms with van der Waals surface area (Å²) in [5, 5.41) is 6.78. The van der Waals surface area contributed by atoms with E-state index in [1.807, 2.05) is 30.3 Å². The van der Waals surface area contributed by atoms with Crippen LogP contribution in [0, 0.1) is 0 Å². The lowest BCUT2D eigenvalue weighted by molar-refractivity contribution is -0.111. The van der Waals surface area contributed by atoms with E-state index in [1.54, 1.807) is 48.5 Å². The van der Waals surface area contributed by atoms with Gasteiger partial charge in [-0.15, -0.1) is 0 Å². The van der Waals surface area contributed by atoms with E-state index in [9.17, 15) is 14.4 Å². The highest BCUT2D eigenvalue weighted by Crippen LogP contribution is 2.38. The molecule has 0 aromatic heterocycles. The van der Waals surface area contributed by atoms with E-state index in [0.29, 0.717) is 38.5 Å². The van der Waals surface area contributed by atoms with Crippen molar-refractivity contribution in [2.45, 2.75) is 0 Å². The predicted octanol–water partition coefficient (Wildman–Crippen LogP) is 6.11. The molecule has 0 aliphatic rings. The van der Waals surface area contributed by atoms with Crippen LogP contribution >= 0.6 is 15.9 Å². The average Bonchev–Trinajstić information content (AvgIpc) is 3.04. The number of hydrogen-bond donors (Lipinski definition) is 2. The van der Waals surface area contributed by atoms with Gasteiger partial charge in [-0.2, -0.15) is 5.10 Å². The van der Waals surface area contributed by atoms with Crippen LogP contribution in [0.2, 0.25) is 0 Å². The predicted molar refractivity (Wildman–Crippen MR) is 171 cm³/mol. The second kappa shape index (κ2) is 15.2. The van der Waals surface area contributed by atoms with Crippen molar-refractivity contribution in [2.24, 2.45) is 5.10 Å². The van der Waals surface area contributed by atoms with E-state index in [4.69, 9.17) is 18.9 Å². The summed E-state index contributed by atoms with van der Waals surface area (Å²) < 4.78 is 22.3. The van der Waals surface area contributed by atoms with Gasteiger partial charge in [0.15, 0.2) is 11.5 Å². The molecule has 0 saturated heterocycles. The van der Waals surface area contributed by atoms with Crippen molar-refractivity contribution >= 4 is 51.7 Å². The van der Waals surface area contributed by atoms with Crippen LogP contribution in [0.15, 0.2) is 101 Å². The molecule has 11 heteroatoms. The third-order valence-electron chi connectivity index (χ3n) is 6.09. The van der Waals surface area contributed by atoms with Crippen molar-refractivity contribution in [3.63, 3.8) is 0 Å². The van der Waals surface area contributed by atoms with Crippen LogP contribution in [-0.4, -0.2) is 45.3 Å². The zero-order valence-electron chi connectivity index (χ0n) is 24.0. The molecule has 4 rings (SSSR count). The number of benzene rings is 4. The molecule has 0 fully saturated rings. The molecule has 0 aliphatic carbocycles. The Labute approximate surface area is 262 Å². The van der Waals surface area contributed by atoms with Crippen LogP contribution in [0.5, 0.6) is 23.0 Å². The number of nitrogens with zero attached hydrogens (tertiary/aromatic N) is 1. The fourth-order valence-electron chi connectivity index (χ4n) is 3.92. The Morgan fingerprint density at radius 3 is 2.09 bits per heavy atom. The third-order valence-corrected chi connectivity index (χ3v) is 6.58. The number of ether oxygens (including phenoxy) is 4. The summed E-state index contributed by atoms with van der Waals surface area (Å²) in [7, 11) is 4.36. The second-order valence-electron chi connectivity index (χ2n) is 9.00. The van der Waals surface area contributed by atoms with Crippen molar-refractivity contribution in [1.82, 2.24) is 5.43 Å². The Kier molecular flexibility index (Phi) is 10.9. The van der Waals surface area contributed by atoms with Crippen LogP contribution in [0.3, 0.4) is 0 Å².